The van der Waals surface area contributed by atoms with Gasteiger partial charge in [0.25, 0.3) is 5.91 Å². The van der Waals surface area contributed by atoms with Crippen molar-refractivity contribution < 1.29 is 14.3 Å². The average Bonchev–Trinajstić information content (AvgIpc) is 2.80. The van der Waals surface area contributed by atoms with Gasteiger partial charge in [-0.2, -0.15) is 0 Å². The van der Waals surface area contributed by atoms with Gasteiger partial charge in [0.15, 0.2) is 0 Å². The van der Waals surface area contributed by atoms with Crippen LogP contribution in [-0.4, -0.2) is 29.4 Å². The summed E-state index contributed by atoms with van der Waals surface area (Å²) < 4.78 is 11.4. The number of amides is 1. The molecule has 0 fully saturated rings. The van der Waals surface area contributed by atoms with Gasteiger partial charge >= 0.3 is 0 Å². The van der Waals surface area contributed by atoms with E-state index >= 15 is 0 Å². The molecular weight excluding hydrogens is 378 g/mol. The van der Waals surface area contributed by atoms with Crippen LogP contribution in [0.15, 0.2) is 66.9 Å². The molecule has 1 aliphatic rings. The smallest absolute Gasteiger partial charge is 0.257 e. The third kappa shape index (κ3) is 3.94. The Kier molecular flexibility index (Phi) is 5.84. The van der Waals surface area contributed by atoms with E-state index in [1.54, 1.807) is 13.3 Å². The molecule has 1 atom stereocenters. The number of fused-ring (bicyclic) bond motifs is 1. The van der Waals surface area contributed by atoms with Crippen molar-refractivity contribution in [3.63, 3.8) is 0 Å². The Bertz CT molecular complexity index is 1020. The summed E-state index contributed by atoms with van der Waals surface area (Å²) in [6, 6.07) is 19.1. The average molecular weight is 403 g/mol. The molecule has 2 aromatic carbocycles. The third-order valence-corrected chi connectivity index (χ3v) is 5.12. The fourth-order valence-electron chi connectivity index (χ4n) is 3.69. The minimum absolute atomic E-state index is 0.0401. The van der Waals surface area contributed by atoms with Crippen molar-refractivity contribution in [3.05, 3.63) is 83.6 Å². The molecule has 0 bridgehead atoms. The molecule has 0 unspecified atom stereocenters. The molecule has 0 saturated heterocycles. The van der Waals surface area contributed by atoms with Crippen molar-refractivity contribution in [1.82, 2.24) is 9.88 Å². The Labute approximate surface area is 176 Å². The SMILES string of the molecule is CCCN1C(=O)c2ccccc2N[C@H]1c1ccc(OC)c(COc2ccccn2)c1. The molecule has 0 radical (unpaired) electrons. The van der Waals surface area contributed by atoms with Crippen LogP contribution in [0.4, 0.5) is 5.69 Å². The largest absolute Gasteiger partial charge is 0.496 e. The molecule has 2 heterocycles. The van der Waals surface area contributed by atoms with Crippen LogP contribution in [0.5, 0.6) is 11.6 Å². The number of hydrogen-bond acceptors (Lipinski definition) is 5. The summed E-state index contributed by atoms with van der Waals surface area (Å²) in [5.41, 5.74) is 3.42. The quantitative estimate of drug-likeness (QED) is 0.622. The fourth-order valence-corrected chi connectivity index (χ4v) is 3.69. The maximum absolute atomic E-state index is 13.1. The van der Waals surface area contributed by atoms with Crippen molar-refractivity contribution in [1.29, 1.82) is 0 Å². The zero-order valence-corrected chi connectivity index (χ0v) is 17.2. The second kappa shape index (κ2) is 8.86. The van der Waals surface area contributed by atoms with Crippen LogP contribution >= 0.6 is 0 Å². The van der Waals surface area contributed by atoms with E-state index in [9.17, 15) is 4.79 Å². The van der Waals surface area contributed by atoms with E-state index in [0.717, 1.165) is 29.0 Å². The zero-order chi connectivity index (χ0) is 20.9. The van der Waals surface area contributed by atoms with E-state index in [1.807, 2.05) is 65.6 Å². The monoisotopic (exact) mass is 403 g/mol. The van der Waals surface area contributed by atoms with Crippen molar-refractivity contribution in [2.75, 3.05) is 19.0 Å². The first-order valence-corrected chi connectivity index (χ1v) is 10.1. The molecule has 3 aromatic rings. The molecule has 1 aromatic heterocycles. The van der Waals surface area contributed by atoms with Crippen molar-refractivity contribution >= 4 is 11.6 Å². The minimum atomic E-state index is -0.258. The summed E-state index contributed by atoms with van der Waals surface area (Å²) in [5, 5.41) is 3.53. The normalized spacial score (nSPS) is 15.3. The van der Waals surface area contributed by atoms with Gasteiger partial charge in [-0.15, -0.1) is 0 Å². The number of rotatable bonds is 7. The van der Waals surface area contributed by atoms with Crippen LogP contribution in [0.3, 0.4) is 0 Å². The predicted molar refractivity (Wildman–Crippen MR) is 116 cm³/mol. The Morgan fingerprint density at radius 2 is 1.93 bits per heavy atom. The molecule has 1 amide bonds. The van der Waals surface area contributed by atoms with Crippen molar-refractivity contribution in [3.8, 4) is 11.6 Å². The zero-order valence-electron chi connectivity index (χ0n) is 17.2. The number of nitrogens with zero attached hydrogens (tertiary/aromatic N) is 2. The van der Waals surface area contributed by atoms with E-state index in [0.29, 0.717) is 24.6 Å². The van der Waals surface area contributed by atoms with E-state index in [1.165, 1.54) is 0 Å². The van der Waals surface area contributed by atoms with Crippen LogP contribution in [0, 0.1) is 0 Å². The molecule has 0 saturated carbocycles. The molecule has 4 rings (SSSR count). The van der Waals surface area contributed by atoms with Gasteiger partial charge in [0, 0.05) is 30.1 Å². The molecular formula is C24H25N3O3. The molecule has 154 valence electrons. The molecule has 1 aliphatic heterocycles. The number of carbonyl (C=O) groups is 1. The van der Waals surface area contributed by atoms with E-state index in [4.69, 9.17) is 9.47 Å². The molecule has 0 spiro atoms. The van der Waals surface area contributed by atoms with Gasteiger partial charge in [-0.3, -0.25) is 4.79 Å². The molecule has 1 N–H and O–H groups in total. The highest BCUT2D eigenvalue weighted by atomic mass is 16.5. The van der Waals surface area contributed by atoms with E-state index in [2.05, 4.69) is 17.2 Å². The Morgan fingerprint density at radius 3 is 2.70 bits per heavy atom. The number of pyridine rings is 1. The number of nitrogens with one attached hydrogen (secondary N) is 1. The minimum Gasteiger partial charge on any atom is -0.496 e. The standard InChI is InChI=1S/C24H25N3O3/c1-3-14-27-23(26-20-9-5-4-8-19(20)24(27)28)17-11-12-21(29-2)18(15-17)16-30-22-10-6-7-13-25-22/h4-13,15,23,26H,3,14,16H2,1-2H3/t23-/m1/s1. The first-order chi connectivity index (χ1) is 14.7. The number of hydrogen-bond donors (Lipinski definition) is 1. The van der Waals surface area contributed by atoms with E-state index in [-0.39, 0.29) is 12.1 Å². The maximum atomic E-state index is 13.1. The highest BCUT2D eigenvalue weighted by Crippen LogP contribution is 2.35. The van der Waals surface area contributed by atoms with Gasteiger partial charge in [0.2, 0.25) is 5.88 Å². The van der Waals surface area contributed by atoms with Gasteiger partial charge in [-0.1, -0.05) is 31.2 Å². The summed E-state index contributed by atoms with van der Waals surface area (Å²) >= 11 is 0. The van der Waals surface area contributed by atoms with Gasteiger partial charge in [0.05, 0.1) is 12.7 Å². The molecule has 30 heavy (non-hydrogen) atoms. The number of methoxy groups -OCH3 is 1. The third-order valence-electron chi connectivity index (χ3n) is 5.12. The lowest BCUT2D eigenvalue weighted by atomic mass is 10.0. The Morgan fingerprint density at radius 1 is 1.10 bits per heavy atom. The van der Waals surface area contributed by atoms with Crippen LogP contribution < -0.4 is 14.8 Å². The number of aromatic nitrogens is 1. The fraction of sp³-hybridized carbons (Fsp3) is 0.250. The van der Waals surface area contributed by atoms with Gasteiger partial charge in [0.1, 0.15) is 18.5 Å². The maximum Gasteiger partial charge on any atom is 0.257 e. The second-order valence-electron chi connectivity index (χ2n) is 7.12. The number of anilines is 1. The first-order valence-electron chi connectivity index (χ1n) is 10.1. The lowest BCUT2D eigenvalue weighted by Crippen LogP contribution is -2.43. The summed E-state index contributed by atoms with van der Waals surface area (Å²) in [4.78, 5) is 19.2. The highest BCUT2D eigenvalue weighted by molar-refractivity contribution is 6.01. The van der Waals surface area contributed by atoms with Crippen LogP contribution in [0.2, 0.25) is 0 Å². The predicted octanol–water partition coefficient (Wildman–Crippen LogP) is 4.65. The molecule has 0 aliphatic carbocycles. The van der Waals surface area contributed by atoms with Crippen LogP contribution in [0.25, 0.3) is 0 Å². The Balaban J connectivity index is 1.65. The topological polar surface area (TPSA) is 63.7 Å². The van der Waals surface area contributed by atoms with Crippen molar-refractivity contribution in [2.24, 2.45) is 0 Å². The number of ether oxygens (including phenoxy) is 2. The van der Waals surface area contributed by atoms with Crippen molar-refractivity contribution in [2.45, 2.75) is 26.1 Å². The van der Waals surface area contributed by atoms with Crippen LogP contribution in [0.1, 0.15) is 41.0 Å². The van der Waals surface area contributed by atoms with Gasteiger partial charge in [-0.25, -0.2) is 4.98 Å². The second-order valence-corrected chi connectivity index (χ2v) is 7.12. The number of benzene rings is 2. The lowest BCUT2D eigenvalue weighted by Gasteiger charge is -2.38. The van der Waals surface area contributed by atoms with E-state index < -0.39 is 0 Å². The number of carbonyl (C=O) groups excluding carboxylic acids is 1. The molecule has 6 heteroatoms. The van der Waals surface area contributed by atoms with Crippen LogP contribution in [-0.2, 0) is 6.61 Å². The number of para-hydroxylation sites is 1. The lowest BCUT2D eigenvalue weighted by molar-refractivity contribution is 0.0683. The summed E-state index contributed by atoms with van der Waals surface area (Å²) in [5.74, 6) is 1.33. The summed E-state index contributed by atoms with van der Waals surface area (Å²) in [6.07, 6.45) is 2.31. The molecule has 6 nitrogen and oxygen atoms in total. The summed E-state index contributed by atoms with van der Waals surface area (Å²) in [7, 11) is 1.64. The summed E-state index contributed by atoms with van der Waals surface area (Å²) in [6.45, 7) is 3.06. The van der Waals surface area contributed by atoms with Gasteiger partial charge < -0.3 is 19.7 Å². The first kappa shape index (κ1) is 19.8. The Hall–Kier alpha value is -3.54. The highest BCUT2D eigenvalue weighted by Gasteiger charge is 2.32. The van der Waals surface area contributed by atoms with Gasteiger partial charge in [-0.05, 0) is 42.3 Å².